The minimum atomic E-state index is -0.335. The molecule has 4 rings (SSSR count). The Morgan fingerprint density at radius 2 is 1.88 bits per heavy atom. The molecule has 1 aliphatic heterocycles. The first-order valence-electron chi connectivity index (χ1n) is 12.0. The molecule has 33 heavy (non-hydrogen) atoms. The predicted octanol–water partition coefficient (Wildman–Crippen LogP) is 5.14. The standard InChI is InChI=1S/C27H34N2O4/c1-3-32-27(31)26-20(2)29(19-21-10-5-6-11-25(21)30)24-13-12-22(18-23(24)26)33-17-9-16-28-14-7-4-8-15-28/h5-6,10-13,18,30H,3-4,7-9,14-17,19H2,1-2H3. The van der Waals surface area contributed by atoms with Crippen molar-refractivity contribution < 1.29 is 19.4 Å². The molecule has 0 amide bonds. The second-order valence-electron chi connectivity index (χ2n) is 8.68. The van der Waals surface area contributed by atoms with Gasteiger partial charge in [0.05, 0.1) is 25.3 Å². The molecule has 1 N–H and O–H groups in total. The number of phenolic OH excluding ortho intramolecular Hbond substituents is 1. The number of hydrogen-bond acceptors (Lipinski definition) is 5. The van der Waals surface area contributed by atoms with Gasteiger partial charge in [-0.3, -0.25) is 0 Å². The van der Waals surface area contributed by atoms with Crippen LogP contribution in [0.2, 0.25) is 0 Å². The maximum atomic E-state index is 12.8. The van der Waals surface area contributed by atoms with E-state index >= 15 is 0 Å². The van der Waals surface area contributed by atoms with Crippen LogP contribution in [0.5, 0.6) is 11.5 Å². The largest absolute Gasteiger partial charge is 0.508 e. The molecule has 0 saturated carbocycles. The van der Waals surface area contributed by atoms with Crippen LogP contribution in [0.25, 0.3) is 10.9 Å². The quantitative estimate of drug-likeness (QED) is 0.361. The van der Waals surface area contributed by atoms with Crippen molar-refractivity contribution in [1.29, 1.82) is 0 Å². The minimum absolute atomic E-state index is 0.241. The maximum Gasteiger partial charge on any atom is 0.340 e. The molecule has 0 aliphatic carbocycles. The predicted molar refractivity (Wildman–Crippen MR) is 130 cm³/mol. The zero-order chi connectivity index (χ0) is 23.2. The van der Waals surface area contributed by atoms with Gasteiger partial charge in [0.25, 0.3) is 0 Å². The maximum absolute atomic E-state index is 12.8. The van der Waals surface area contributed by atoms with Gasteiger partial charge in [-0.05, 0) is 70.5 Å². The lowest BCUT2D eigenvalue weighted by Gasteiger charge is -2.26. The highest BCUT2D eigenvalue weighted by atomic mass is 16.5. The minimum Gasteiger partial charge on any atom is -0.508 e. The van der Waals surface area contributed by atoms with Crippen LogP contribution in [0.15, 0.2) is 42.5 Å². The molecule has 3 aromatic rings. The van der Waals surface area contributed by atoms with E-state index in [1.54, 1.807) is 12.1 Å². The summed E-state index contributed by atoms with van der Waals surface area (Å²) in [6, 6.07) is 13.2. The summed E-state index contributed by atoms with van der Waals surface area (Å²) < 4.78 is 13.5. The van der Waals surface area contributed by atoms with Crippen LogP contribution in [-0.2, 0) is 11.3 Å². The van der Waals surface area contributed by atoms with E-state index in [1.807, 2.05) is 44.2 Å². The Morgan fingerprint density at radius 3 is 2.64 bits per heavy atom. The van der Waals surface area contributed by atoms with Gasteiger partial charge in [-0.15, -0.1) is 0 Å². The topological polar surface area (TPSA) is 63.9 Å². The molecule has 6 nitrogen and oxygen atoms in total. The smallest absolute Gasteiger partial charge is 0.340 e. The number of nitrogens with zero attached hydrogens (tertiary/aromatic N) is 2. The van der Waals surface area contributed by atoms with Gasteiger partial charge < -0.3 is 24.0 Å². The van der Waals surface area contributed by atoms with Crippen LogP contribution in [0.4, 0.5) is 0 Å². The number of piperidine rings is 1. The Bertz CT molecular complexity index is 1100. The van der Waals surface area contributed by atoms with Crippen molar-refractivity contribution in [2.24, 2.45) is 0 Å². The molecule has 0 unspecified atom stereocenters. The monoisotopic (exact) mass is 450 g/mol. The van der Waals surface area contributed by atoms with Crippen molar-refractivity contribution in [1.82, 2.24) is 9.47 Å². The first-order chi connectivity index (χ1) is 16.1. The zero-order valence-corrected chi connectivity index (χ0v) is 19.7. The van der Waals surface area contributed by atoms with Crippen LogP contribution in [0, 0.1) is 6.92 Å². The molecule has 1 fully saturated rings. The summed E-state index contributed by atoms with van der Waals surface area (Å²) >= 11 is 0. The van der Waals surface area contributed by atoms with Gasteiger partial charge in [0.2, 0.25) is 0 Å². The van der Waals surface area contributed by atoms with E-state index in [2.05, 4.69) is 9.47 Å². The third kappa shape index (κ3) is 5.33. The number of fused-ring (bicyclic) bond motifs is 1. The van der Waals surface area contributed by atoms with Gasteiger partial charge in [0.15, 0.2) is 0 Å². The summed E-state index contributed by atoms with van der Waals surface area (Å²) in [7, 11) is 0. The molecule has 1 saturated heterocycles. The van der Waals surface area contributed by atoms with E-state index in [0.29, 0.717) is 25.3 Å². The number of benzene rings is 2. The number of likely N-dealkylation sites (tertiary alicyclic amines) is 1. The molecule has 2 aromatic carbocycles. The van der Waals surface area contributed by atoms with Crippen molar-refractivity contribution in [3.05, 3.63) is 59.3 Å². The van der Waals surface area contributed by atoms with Gasteiger partial charge in [-0.25, -0.2) is 4.79 Å². The highest BCUT2D eigenvalue weighted by Crippen LogP contribution is 2.32. The van der Waals surface area contributed by atoms with E-state index in [1.165, 1.54) is 32.4 Å². The summed E-state index contributed by atoms with van der Waals surface area (Å²) in [5.41, 5.74) is 3.08. The highest BCUT2D eigenvalue weighted by Gasteiger charge is 2.22. The number of hydrogen-bond donors (Lipinski definition) is 1. The van der Waals surface area contributed by atoms with E-state index in [4.69, 9.17) is 9.47 Å². The number of carbonyl (C=O) groups excluding carboxylic acids is 1. The summed E-state index contributed by atoms with van der Waals surface area (Å²) in [4.78, 5) is 15.3. The molecule has 0 spiro atoms. The Kier molecular flexibility index (Phi) is 7.55. The van der Waals surface area contributed by atoms with Crippen LogP contribution in [-0.4, -0.2) is 53.4 Å². The van der Waals surface area contributed by atoms with Crippen molar-refractivity contribution in [2.45, 2.75) is 46.1 Å². The first kappa shape index (κ1) is 23.2. The fourth-order valence-electron chi connectivity index (χ4n) is 4.69. The summed E-state index contributed by atoms with van der Waals surface area (Å²) in [6.45, 7) is 8.61. The fraction of sp³-hybridized carbons (Fsp3) is 0.444. The van der Waals surface area contributed by atoms with E-state index in [-0.39, 0.29) is 11.7 Å². The molecule has 0 bridgehead atoms. The van der Waals surface area contributed by atoms with Crippen molar-refractivity contribution in [3.63, 3.8) is 0 Å². The second kappa shape index (κ2) is 10.8. The van der Waals surface area contributed by atoms with Gasteiger partial charge in [0, 0.05) is 28.7 Å². The van der Waals surface area contributed by atoms with Crippen molar-refractivity contribution in [3.8, 4) is 11.5 Å². The number of rotatable bonds is 9. The van der Waals surface area contributed by atoms with Crippen molar-refractivity contribution in [2.75, 3.05) is 32.8 Å². The average Bonchev–Trinajstić information content (AvgIpc) is 3.09. The summed E-state index contributed by atoms with van der Waals surface area (Å²) in [5, 5.41) is 11.1. The van der Waals surface area contributed by atoms with Crippen LogP contribution in [0.1, 0.15) is 54.2 Å². The third-order valence-electron chi connectivity index (χ3n) is 6.43. The number of esters is 1. The lowest BCUT2D eigenvalue weighted by atomic mass is 10.1. The molecule has 176 valence electrons. The number of ether oxygens (including phenoxy) is 2. The number of para-hydroxylation sites is 1. The summed E-state index contributed by atoms with van der Waals surface area (Å²) in [6.07, 6.45) is 4.92. The zero-order valence-electron chi connectivity index (χ0n) is 19.7. The highest BCUT2D eigenvalue weighted by molar-refractivity contribution is 6.06. The second-order valence-corrected chi connectivity index (χ2v) is 8.68. The SMILES string of the molecule is CCOC(=O)c1c(C)n(Cc2ccccc2O)c2ccc(OCCCN3CCCCC3)cc12. The Hall–Kier alpha value is -2.99. The average molecular weight is 451 g/mol. The summed E-state index contributed by atoms with van der Waals surface area (Å²) in [5.74, 6) is 0.662. The molecular formula is C27H34N2O4. The van der Waals surface area contributed by atoms with Gasteiger partial charge in [0.1, 0.15) is 11.5 Å². The first-order valence-corrected chi connectivity index (χ1v) is 12.0. The molecule has 0 radical (unpaired) electrons. The fourth-order valence-corrected chi connectivity index (χ4v) is 4.69. The van der Waals surface area contributed by atoms with Crippen LogP contribution in [0.3, 0.4) is 0 Å². The Labute approximate surface area is 195 Å². The van der Waals surface area contributed by atoms with Gasteiger partial charge in [-0.2, -0.15) is 0 Å². The van der Waals surface area contributed by atoms with E-state index in [9.17, 15) is 9.90 Å². The number of aromatic hydroxyl groups is 1. The normalized spacial score (nSPS) is 14.5. The molecular weight excluding hydrogens is 416 g/mol. The van der Waals surface area contributed by atoms with Gasteiger partial charge in [-0.1, -0.05) is 24.6 Å². The molecule has 0 atom stereocenters. The van der Waals surface area contributed by atoms with Crippen LogP contribution >= 0.6 is 0 Å². The van der Waals surface area contributed by atoms with E-state index < -0.39 is 0 Å². The molecule has 1 aliphatic rings. The lowest BCUT2D eigenvalue weighted by Crippen LogP contribution is -2.31. The molecule has 6 heteroatoms. The van der Waals surface area contributed by atoms with Crippen LogP contribution < -0.4 is 4.74 Å². The van der Waals surface area contributed by atoms with Crippen molar-refractivity contribution >= 4 is 16.9 Å². The third-order valence-corrected chi connectivity index (χ3v) is 6.43. The number of carbonyl (C=O) groups is 1. The number of aromatic nitrogens is 1. The Balaban J connectivity index is 1.57. The number of phenols is 1. The van der Waals surface area contributed by atoms with E-state index in [0.717, 1.165) is 40.9 Å². The Morgan fingerprint density at radius 1 is 1.09 bits per heavy atom. The van der Waals surface area contributed by atoms with Gasteiger partial charge >= 0.3 is 5.97 Å². The lowest BCUT2D eigenvalue weighted by molar-refractivity contribution is 0.0527. The molecule has 2 heterocycles. The molecule has 1 aromatic heterocycles.